The maximum atomic E-state index is 13.4. The quantitative estimate of drug-likeness (QED) is 0.639. The molecule has 0 saturated carbocycles. The zero-order valence-corrected chi connectivity index (χ0v) is 18.4. The van der Waals surface area contributed by atoms with Crippen molar-refractivity contribution in [3.8, 4) is 16.9 Å². The van der Waals surface area contributed by atoms with Crippen molar-refractivity contribution in [2.45, 2.75) is 52.9 Å². The molecule has 0 spiro atoms. The predicted molar refractivity (Wildman–Crippen MR) is 116 cm³/mol. The maximum Gasteiger partial charge on any atom is 0.263 e. The fraction of sp³-hybridized carbons (Fsp3) is 0.364. The molecule has 0 saturated heterocycles. The van der Waals surface area contributed by atoms with E-state index in [0.717, 1.165) is 16.7 Å². The lowest BCUT2D eigenvalue weighted by Crippen LogP contribution is -2.39. The molecule has 28 heavy (non-hydrogen) atoms. The van der Waals surface area contributed by atoms with Crippen LogP contribution < -0.4 is 5.56 Å². The summed E-state index contributed by atoms with van der Waals surface area (Å²) in [6.07, 6.45) is 0. The normalized spacial score (nSPS) is 13.1. The molecule has 1 heterocycles. The molecule has 1 atom stereocenters. The van der Waals surface area contributed by atoms with Crippen LogP contribution in [0.3, 0.4) is 0 Å². The Morgan fingerprint density at radius 1 is 1.11 bits per heavy atom. The molecule has 0 fully saturated rings. The number of nitrogens with zero attached hydrogens (tertiary/aromatic N) is 2. The number of fused-ring (bicyclic) bond motifs is 1. The molecule has 0 aliphatic heterocycles. The number of hydrogen-bond donors (Lipinski definition) is 1. The summed E-state index contributed by atoms with van der Waals surface area (Å²) in [5.41, 5.74) is 3.00. The van der Waals surface area contributed by atoms with Crippen molar-refractivity contribution >= 4 is 19.0 Å². The molecule has 1 unspecified atom stereocenters. The first kappa shape index (κ1) is 20.3. The highest BCUT2D eigenvalue weighted by atomic mass is 28.3. The average molecular weight is 397 g/mol. The van der Waals surface area contributed by atoms with E-state index in [1.165, 1.54) is 0 Å². The van der Waals surface area contributed by atoms with Crippen molar-refractivity contribution in [2.24, 2.45) is 0 Å². The second-order valence-electron chi connectivity index (χ2n) is 8.35. The van der Waals surface area contributed by atoms with Gasteiger partial charge in [0, 0.05) is 5.73 Å². The van der Waals surface area contributed by atoms with Gasteiger partial charge in [-0.25, -0.2) is 4.98 Å². The Kier molecular flexibility index (Phi) is 5.45. The van der Waals surface area contributed by atoms with Crippen molar-refractivity contribution in [3.05, 3.63) is 58.1 Å². The van der Waals surface area contributed by atoms with E-state index in [9.17, 15) is 9.90 Å². The molecular formula is C22H28N2O3Si. The summed E-state index contributed by atoms with van der Waals surface area (Å²) in [4.78, 5) is 18.0. The van der Waals surface area contributed by atoms with Crippen molar-refractivity contribution < 1.29 is 9.84 Å². The summed E-state index contributed by atoms with van der Waals surface area (Å²) >= 11 is 0. The Labute approximate surface area is 166 Å². The third-order valence-electron chi connectivity index (χ3n) is 5.44. The van der Waals surface area contributed by atoms with Gasteiger partial charge in [-0.05, 0) is 49.6 Å². The van der Waals surface area contributed by atoms with E-state index in [-0.39, 0.29) is 23.8 Å². The highest BCUT2D eigenvalue weighted by Crippen LogP contribution is 2.32. The van der Waals surface area contributed by atoms with Gasteiger partial charge in [-0.3, -0.25) is 9.36 Å². The second-order valence-corrected chi connectivity index (χ2v) is 13.9. The van der Waals surface area contributed by atoms with Gasteiger partial charge in [0.15, 0.2) is 0 Å². The fourth-order valence-corrected chi connectivity index (χ4v) is 3.68. The molecule has 5 nitrogen and oxygen atoms in total. The summed E-state index contributed by atoms with van der Waals surface area (Å²) in [7, 11) is -1.47. The molecule has 0 amide bonds. The minimum Gasteiger partial charge on any atom is -0.508 e. The van der Waals surface area contributed by atoms with E-state index < -0.39 is 8.07 Å². The Balaban J connectivity index is 2.16. The molecule has 6 heteroatoms. The molecule has 2 aromatic carbocycles. The summed E-state index contributed by atoms with van der Waals surface area (Å²) in [5.74, 6) is 0.840. The topological polar surface area (TPSA) is 64.3 Å². The van der Waals surface area contributed by atoms with Crippen LogP contribution in [0, 0.1) is 13.8 Å². The average Bonchev–Trinajstić information content (AvgIpc) is 2.62. The first-order valence-corrected chi connectivity index (χ1v) is 13.1. The zero-order chi connectivity index (χ0) is 20.6. The van der Waals surface area contributed by atoms with E-state index in [4.69, 9.17) is 4.74 Å². The fourth-order valence-electron chi connectivity index (χ4n) is 3.10. The molecule has 1 aromatic heterocycles. The van der Waals surface area contributed by atoms with Crippen molar-refractivity contribution in [2.75, 3.05) is 0 Å². The van der Waals surface area contributed by atoms with E-state index in [0.29, 0.717) is 16.7 Å². The molecule has 0 radical (unpaired) electrons. The Bertz CT molecular complexity index is 1080. The van der Waals surface area contributed by atoms with Crippen LogP contribution in [0.4, 0.5) is 0 Å². The van der Waals surface area contributed by atoms with Gasteiger partial charge in [0.1, 0.15) is 18.3 Å². The molecular weight excluding hydrogens is 368 g/mol. The van der Waals surface area contributed by atoms with Gasteiger partial charge in [-0.1, -0.05) is 43.9 Å². The Morgan fingerprint density at radius 3 is 2.43 bits per heavy atom. The van der Waals surface area contributed by atoms with Crippen molar-refractivity contribution in [1.29, 1.82) is 0 Å². The van der Waals surface area contributed by atoms with Crippen molar-refractivity contribution in [1.82, 2.24) is 9.55 Å². The van der Waals surface area contributed by atoms with Crippen LogP contribution in [0.2, 0.25) is 19.6 Å². The first-order chi connectivity index (χ1) is 13.1. The van der Waals surface area contributed by atoms with E-state index >= 15 is 0 Å². The number of phenols is 1. The monoisotopic (exact) mass is 396 g/mol. The number of rotatable bonds is 5. The Morgan fingerprint density at radius 2 is 1.75 bits per heavy atom. The van der Waals surface area contributed by atoms with E-state index in [1.54, 1.807) is 16.7 Å². The van der Waals surface area contributed by atoms with Gasteiger partial charge in [0.05, 0.1) is 19.0 Å². The van der Waals surface area contributed by atoms with Gasteiger partial charge in [0.2, 0.25) is 0 Å². The van der Waals surface area contributed by atoms with Crippen LogP contribution in [0.1, 0.15) is 18.3 Å². The number of phenolic OH excluding ortho intramolecular Hbond substituents is 1. The lowest BCUT2D eigenvalue weighted by molar-refractivity contribution is 0.0529. The smallest absolute Gasteiger partial charge is 0.263 e. The van der Waals surface area contributed by atoms with E-state index in [2.05, 4.69) is 31.5 Å². The van der Waals surface area contributed by atoms with Crippen LogP contribution >= 0.6 is 0 Å². The number of ether oxygens (including phenoxy) is 1. The second kappa shape index (κ2) is 7.52. The molecule has 0 aliphatic rings. The maximum absolute atomic E-state index is 13.4. The van der Waals surface area contributed by atoms with Gasteiger partial charge in [0.25, 0.3) is 5.56 Å². The molecule has 0 bridgehead atoms. The van der Waals surface area contributed by atoms with Crippen LogP contribution in [-0.2, 0) is 11.5 Å². The lowest BCUT2D eigenvalue weighted by atomic mass is 9.96. The summed E-state index contributed by atoms with van der Waals surface area (Å²) in [6, 6.07) is 11.0. The molecule has 0 aliphatic carbocycles. The minimum absolute atomic E-state index is 0.122. The lowest BCUT2D eigenvalue weighted by Gasteiger charge is -2.26. The number of aryl methyl sites for hydroxylation is 1. The molecule has 148 valence electrons. The number of hydrogen-bond acceptors (Lipinski definition) is 4. The first-order valence-electron chi connectivity index (χ1n) is 9.52. The summed E-state index contributed by atoms with van der Waals surface area (Å²) < 4.78 is 7.63. The largest absolute Gasteiger partial charge is 0.508 e. The van der Waals surface area contributed by atoms with Crippen molar-refractivity contribution in [3.63, 3.8) is 0 Å². The minimum atomic E-state index is -1.47. The van der Waals surface area contributed by atoms with E-state index in [1.807, 2.05) is 38.1 Å². The third-order valence-corrected chi connectivity index (χ3v) is 8.05. The SMILES string of the molecule is Cc1c(O)cccc1-c1cccc2nc(C)n(COC(C)[Si](C)(C)C)c(=O)c12. The zero-order valence-electron chi connectivity index (χ0n) is 17.4. The van der Waals surface area contributed by atoms with Gasteiger partial charge < -0.3 is 9.84 Å². The van der Waals surface area contributed by atoms with Crippen LogP contribution in [-0.4, -0.2) is 28.5 Å². The number of aromatic hydroxyl groups is 1. The predicted octanol–water partition coefficient (Wildman–Crippen LogP) is 4.63. The van der Waals surface area contributed by atoms with Crippen LogP contribution in [0.25, 0.3) is 22.0 Å². The molecule has 3 rings (SSSR count). The standard InChI is InChI=1S/C22H28N2O3Si/c1-14-17(9-8-12-20(14)25)18-10-7-11-19-21(18)22(26)24(15(2)23-19)13-27-16(3)28(4,5)6/h7-12,16,25H,13H2,1-6H3. The number of benzene rings is 2. The highest BCUT2D eigenvalue weighted by Gasteiger charge is 2.24. The van der Waals surface area contributed by atoms with Crippen LogP contribution in [0.15, 0.2) is 41.2 Å². The van der Waals surface area contributed by atoms with Gasteiger partial charge in [-0.15, -0.1) is 0 Å². The summed E-state index contributed by atoms with van der Waals surface area (Å²) in [6.45, 7) is 12.7. The highest BCUT2D eigenvalue weighted by molar-refractivity contribution is 6.77. The Hall–Kier alpha value is -2.44. The van der Waals surface area contributed by atoms with Crippen LogP contribution in [0.5, 0.6) is 5.75 Å². The number of aromatic nitrogens is 2. The third kappa shape index (κ3) is 3.75. The van der Waals surface area contributed by atoms with Gasteiger partial charge >= 0.3 is 0 Å². The molecule has 3 aromatic rings. The van der Waals surface area contributed by atoms with Gasteiger partial charge in [-0.2, -0.15) is 0 Å². The summed E-state index contributed by atoms with van der Waals surface area (Å²) in [5, 5.41) is 10.7. The molecule has 1 N–H and O–H groups in total.